The van der Waals surface area contributed by atoms with Crippen LogP contribution in [0.1, 0.15) is 24.1 Å². The van der Waals surface area contributed by atoms with Crippen molar-refractivity contribution in [2.75, 3.05) is 6.54 Å². The summed E-state index contributed by atoms with van der Waals surface area (Å²) < 4.78 is 80.9. The summed E-state index contributed by atoms with van der Waals surface area (Å²) in [5.74, 6) is 0. The Hall–Kier alpha value is -2.01. The largest absolute Gasteiger partial charge is 0.416 e. The van der Waals surface area contributed by atoms with Crippen LogP contribution in [-0.4, -0.2) is 26.8 Å². The first kappa shape index (κ1) is 21.3. The van der Waals surface area contributed by atoms with Gasteiger partial charge in [0.1, 0.15) is 6.04 Å². The van der Waals surface area contributed by atoms with Gasteiger partial charge in [0.2, 0.25) is 0 Å². The number of benzene rings is 1. The van der Waals surface area contributed by atoms with Gasteiger partial charge >= 0.3 is 12.4 Å². The number of hydrogen-bond acceptors (Lipinski definition) is 4. The average molecular weight is 411 g/mol. The molecule has 1 aromatic heterocycles. The number of aromatic nitrogens is 2. The van der Waals surface area contributed by atoms with Gasteiger partial charge in [-0.2, -0.15) is 31.4 Å². The number of alkyl halides is 6. The lowest BCUT2D eigenvalue weighted by molar-refractivity contribution is -0.172. The average Bonchev–Trinajstić information content (AvgIpc) is 2.56. The molecule has 27 heavy (non-hydrogen) atoms. The maximum absolute atomic E-state index is 13.7. The van der Waals surface area contributed by atoms with E-state index >= 15 is 0 Å². The molecule has 11 heteroatoms. The Morgan fingerprint density at radius 3 is 2.19 bits per heavy atom. The lowest BCUT2D eigenvalue weighted by atomic mass is 10.0. The molecule has 0 spiro atoms. The van der Waals surface area contributed by atoms with E-state index in [4.69, 9.17) is 0 Å². The van der Waals surface area contributed by atoms with Crippen molar-refractivity contribution in [3.63, 3.8) is 0 Å². The Morgan fingerprint density at radius 2 is 1.74 bits per heavy atom. The van der Waals surface area contributed by atoms with Crippen molar-refractivity contribution in [1.29, 1.82) is 0 Å². The summed E-state index contributed by atoms with van der Waals surface area (Å²) in [6.45, 7) is 1.40. The van der Waals surface area contributed by atoms with E-state index in [0.717, 1.165) is 27.2 Å². The van der Waals surface area contributed by atoms with Gasteiger partial charge in [-0.05, 0) is 29.6 Å². The molecule has 0 aliphatic carbocycles. The van der Waals surface area contributed by atoms with Crippen molar-refractivity contribution in [3.05, 3.63) is 58.0 Å². The third-order valence-corrected chi connectivity index (χ3v) is 4.77. The highest BCUT2D eigenvalue weighted by atomic mass is 32.2. The molecular formula is C16H15F6N3OS. The van der Waals surface area contributed by atoms with Crippen molar-refractivity contribution in [3.8, 4) is 0 Å². The molecular weight excluding hydrogens is 396 g/mol. The van der Waals surface area contributed by atoms with Gasteiger partial charge in [0, 0.05) is 24.6 Å². The number of aryl methyl sites for hydroxylation is 1. The van der Waals surface area contributed by atoms with Crippen molar-refractivity contribution < 1.29 is 26.3 Å². The van der Waals surface area contributed by atoms with Crippen LogP contribution in [0.25, 0.3) is 0 Å². The lowest BCUT2D eigenvalue weighted by Crippen LogP contribution is -2.34. The molecule has 0 amide bonds. The minimum absolute atomic E-state index is 0.0783. The normalized spacial score (nSPS) is 13.8. The van der Waals surface area contributed by atoms with Crippen LogP contribution < -0.4 is 5.56 Å². The lowest BCUT2D eigenvalue weighted by Gasteiger charge is -2.31. The Kier molecular flexibility index (Phi) is 6.25. The highest BCUT2D eigenvalue weighted by molar-refractivity contribution is 7.97. The van der Waals surface area contributed by atoms with Crippen LogP contribution in [-0.2, 0) is 13.2 Å². The van der Waals surface area contributed by atoms with Gasteiger partial charge in [-0.25, -0.2) is 8.99 Å². The molecule has 0 aliphatic heterocycles. The predicted octanol–water partition coefficient (Wildman–Crippen LogP) is 4.43. The SMILES string of the molecule is CCN(Sc1cnn(C)c(=O)c1)[C@H](c1ccc(C(F)(F)F)cc1)C(F)(F)F. The van der Waals surface area contributed by atoms with E-state index in [-0.39, 0.29) is 17.0 Å². The van der Waals surface area contributed by atoms with Crippen LogP contribution in [0.2, 0.25) is 0 Å². The van der Waals surface area contributed by atoms with E-state index in [2.05, 4.69) is 5.10 Å². The summed E-state index contributed by atoms with van der Waals surface area (Å²) >= 11 is 0.666. The second kappa shape index (κ2) is 7.93. The van der Waals surface area contributed by atoms with Crippen molar-refractivity contribution in [2.45, 2.75) is 30.2 Å². The minimum atomic E-state index is -4.74. The Labute approximate surface area is 154 Å². The molecule has 0 saturated carbocycles. The molecule has 2 aromatic rings. The van der Waals surface area contributed by atoms with Crippen LogP contribution in [0.15, 0.2) is 46.2 Å². The first-order valence-corrected chi connectivity index (χ1v) is 8.42. The van der Waals surface area contributed by atoms with Crippen LogP contribution >= 0.6 is 11.9 Å². The first-order chi connectivity index (χ1) is 12.4. The van der Waals surface area contributed by atoms with E-state index in [9.17, 15) is 31.1 Å². The maximum Gasteiger partial charge on any atom is 0.416 e. The quantitative estimate of drug-likeness (QED) is 0.539. The molecule has 1 atom stereocenters. The molecule has 1 heterocycles. The molecule has 0 radical (unpaired) electrons. The van der Waals surface area contributed by atoms with Crippen molar-refractivity contribution in [1.82, 2.24) is 14.1 Å². The number of hydrogen-bond donors (Lipinski definition) is 0. The van der Waals surface area contributed by atoms with Gasteiger partial charge in [0.05, 0.1) is 11.8 Å². The molecule has 4 nitrogen and oxygen atoms in total. The fraction of sp³-hybridized carbons (Fsp3) is 0.375. The summed E-state index contributed by atoms with van der Waals surface area (Å²) in [7, 11) is 1.40. The second-order valence-corrected chi connectivity index (χ2v) is 6.66. The van der Waals surface area contributed by atoms with E-state index in [1.807, 2.05) is 0 Å². The van der Waals surface area contributed by atoms with Gasteiger partial charge in [0.25, 0.3) is 5.56 Å². The second-order valence-electron chi connectivity index (χ2n) is 5.54. The molecule has 0 fully saturated rings. The maximum atomic E-state index is 13.7. The Balaban J connectivity index is 2.38. The Bertz CT molecular complexity index is 832. The molecule has 2 rings (SSSR count). The highest BCUT2D eigenvalue weighted by Gasteiger charge is 2.45. The van der Waals surface area contributed by atoms with Crippen molar-refractivity contribution in [2.24, 2.45) is 7.05 Å². The summed E-state index contributed by atoms with van der Waals surface area (Å²) in [6, 6.07) is 1.84. The van der Waals surface area contributed by atoms with Crippen LogP contribution in [0, 0.1) is 0 Å². The number of halogens is 6. The molecule has 0 unspecified atom stereocenters. The van der Waals surface area contributed by atoms with Gasteiger partial charge in [0.15, 0.2) is 0 Å². The molecule has 0 aliphatic rings. The van der Waals surface area contributed by atoms with Gasteiger partial charge in [-0.15, -0.1) is 0 Å². The molecule has 148 valence electrons. The van der Waals surface area contributed by atoms with Gasteiger partial charge in [-0.3, -0.25) is 4.79 Å². The number of rotatable bonds is 5. The molecule has 0 saturated heterocycles. The monoisotopic (exact) mass is 411 g/mol. The minimum Gasteiger partial charge on any atom is -0.268 e. The standard InChI is InChI=1S/C16H15F6N3OS/c1-3-25(27-12-8-13(26)24(2)23-9-12)14(16(20,21)22)10-4-6-11(7-5-10)15(17,18)19/h4-9,14H,3H2,1-2H3/t14-/m1/s1. The third-order valence-electron chi connectivity index (χ3n) is 3.63. The van der Waals surface area contributed by atoms with Crippen LogP contribution in [0.4, 0.5) is 26.3 Å². The first-order valence-electron chi connectivity index (χ1n) is 7.65. The van der Waals surface area contributed by atoms with Crippen LogP contribution in [0.3, 0.4) is 0 Å². The summed E-state index contributed by atoms with van der Waals surface area (Å²) in [6.07, 6.45) is -8.13. The highest BCUT2D eigenvalue weighted by Crippen LogP contribution is 2.43. The van der Waals surface area contributed by atoms with Gasteiger partial charge in [-0.1, -0.05) is 19.1 Å². The zero-order valence-electron chi connectivity index (χ0n) is 14.2. The van der Waals surface area contributed by atoms with E-state index < -0.39 is 29.5 Å². The van der Waals surface area contributed by atoms with Crippen LogP contribution in [0.5, 0.6) is 0 Å². The topological polar surface area (TPSA) is 38.1 Å². The van der Waals surface area contributed by atoms with E-state index in [0.29, 0.717) is 24.1 Å². The zero-order valence-corrected chi connectivity index (χ0v) is 15.0. The van der Waals surface area contributed by atoms with Gasteiger partial charge < -0.3 is 0 Å². The summed E-state index contributed by atoms with van der Waals surface area (Å²) in [5, 5.41) is 3.75. The van der Waals surface area contributed by atoms with E-state index in [1.54, 1.807) is 0 Å². The van der Waals surface area contributed by atoms with E-state index in [1.165, 1.54) is 20.2 Å². The third kappa shape index (κ3) is 5.25. The molecule has 0 N–H and O–H groups in total. The fourth-order valence-electron chi connectivity index (χ4n) is 2.31. The number of nitrogens with zero attached hydrogens (tertiary/aromatic N) is 3. The summed E-state index contributed by atoms with van der Waals surface area (Å²) in [4.78, 5) is 11.8. The smallest absolute Gasteiger partial charge is 0.268 e. The Morgan fingerprint density at radius 1 is 1.15 bits per heavy atom. The van der Waals surface area contributed by atoms with Crippen molar-refractivity contribution >= 4 is 11.9 Å². The zero-order chi connectivity index (χ0) is 20.4. The predicted molar refractivity (Wildman–Crippen MR) is 88.0 cm³/mol. The fourth-order valence-corrected chi connectivity index (χ4v) is 3.31. The molecule has 1 aromatic carbocycles. The molecule has 0 bridgehead atoms. The summed E-state index contributed by atoms with van der Waals surface area (Å²) in [5.41, 5.74) is -1.85.